The summed E-state index contributed by atoms with van der Waals surface area (Å²) in [6.07, 6.45) is 0.439. The molecule has 0 bridgehead atoms. The van der Waals surface area contributed by atoms with Crippen LogP contribution in [0.25, 0.3) is 22.3 Å². The van der Waals surface area contributed by atoms with Gasteiger partial charge < -0.3 is 28.4 Å². The lowest BCUT2D eigenvalue weighted by molar-refractivity contribution is -0.136. The first-order valence-electron chi connectivity index (χ1n) is 10.5. The van der Waals surface area contributed by atoms with Gasteiger partial charge in [0.15, 0.2) is 0 Å². The number of alkyl carbamates (subject to hydrolysis) is 1. The van der Waals surface area contributed by atoms with E-state index in [4.69, 9.17) is 23.0 Å². The van der Waals surface area contributed by atoms with Crippen LogP contribution in [0.3, 0.4) is 0 Å². The molecule has 2 aromatic heterocycles. The minimum absolute atomic E-state index is 0.0345. The highest BCUT2D eigenvalue weighted by molar-refractivity contribution is 5.88. The number of fused-ring (bicyclic) bond motifs is 1. The van der Waals surface area contributed by atoms with Gasteiger partial charge in [0.1, 0.15) is 40.6 Å². The maximum atomic E-state index is 12.9. The third-order valence-electron chi connectivity index (χ3n) is 4.40. The summed E-state index contributed by atoms with van der Waals surface area (Å²) in [5, 5.41) is 2.61. The third-order valence-corrected chi connectivity index (χ3v) is 4.40. The molecule has 180 valence electrons. The SMILES string of the molecule is CCOC(=O)c1ccc(-c2coc3cc(OC(=O)[C@@H](C)NC(=O)OC(C)(C)C)ccc3c2=O)o1. The smallest absolute Gasteiger partial charge is 0.408 e. The maximum Gasteiger partial charge on any atom is 0.408 e. The predicted octanol–water partition coefficient (Wildman–Crippen LogP) is 4.05. The van der Waals surface area contributed by atoms with E-state index in [1.807, 2.05) is 0 Å². The second-order valence-corrected chi connectivity index (χ2v) is 8.31. The Morgan fingerprint density at radius 1 is 1.12 bits per heavy atom. The van der Waals surface area contributed by atoms with Crippen LogP contribution in [-0.2, 0) is 14.3 Å². The number of benzene rings is 1. The molecule has 0 saturated heterocycles. The summed E-state index contributed by atoms with van der Waals surface area (Å²) in [6.45, 7) is 8.42. The number of esters is 2. The Morgan fingerprint density at radius 2 is 1.85 bits per heavy atom. The van der Waals surface area contributed by atoms with E-state index in [1.54, 1.807) is 27.7 Å². The van der Waals surface area contributed by atoms with Gasteiger partial charge in [-0.15, -0.1) is 0 Å². The van der Waals surface area contributed by atoms with Crippen LogP contribution < -0.4 is 15.5 Å². The van der Waals surface area contributed by atoms with Crippen molar-refractivity contribution in [1.29, 1.82) is 0 Å². The molecule has 2 heterocycles. The van der Waals surface area contributed by atoms with Gasteiger partial charge in [-0.3, -0.25) is 4.79 Å². The van der Waals surface area contributed by atoms with Crippen molar-refractivity contribution >= 4 is 29.0 Å². The molecule has 3 rings (SSSR count). The molecule has 1 amide bonds. The van der Waals surface area contributed by atoms with Crippen LogP contribution in [0, 0.1) is 0 Å². The van der Waals surface area contributed by atoms with Gasteiger partial charge >= 0.3 is 18.0 Å². The first kappa shape index (κ1) is 24.6. The van der Waals surface area contributed by atoms with Gasteiger partial charge in [0.25, 0.3) is 0 Å². The van der Waals surface area contributed by atoms with E-state index in [0.29, 0.717) is 0 Å². The van der Waals surface area contributed by atoms with Crippen molar-refractivity contribution in [3.05, 3.63) is 52.6 Å². The number of carbonyl (C=O) groups is 3. The average molecular weight is 471 g/mol. The minimum Gasteiger partial charge on any atom is -0.463 e. The number of carbonyl (C=O) groups excluding carboxylic acids is 3. The molecule has 1 aromatic carbocycles. The summed E-state index contributed by atoms with van der Waals surface area (Å²) in [6, 6.07) is 6.14. The number of amides is 1. The van der Waals surface area contributed by atoms with E-state index in [-0.39, 0.29) is 40.4 Å². The van der Waals surface area contributed by atoms with Crippen molar-refractivity contribution in [2.24, 2.45) is 0 Å². The first-order chi connectivity index (χ1) is 16.0. The molecular weight excluding hydrogens is 446 g/mol. The van der Waals surface area contributed by atoms with Crippen LogP contribution in [0.2, 0.25) is 0 Å². The van der Waals surface area contributed by atoms with Gasteiger partial charge in [0, 0.05) is 6.07 Å². The topological polar surface area (TPSA) is 134 Å². The number of furan rings is 1. The zero-order valence-corrected chi connectivity index (χ0v) is 19.4. The summed E-state index contributed by atoms with van der Waals surface area (Å²) in [7, 11) is 0. The Labute approximate surface area is 194 Å². The summed E-state index contributed by atoms with van der Waals surface area (Å²) in [5.41, 5.74) is -0.825. The molecule has 34 heavy (non-hydrogen) atoms. The zero-order chi connectivity index (χ0) is 25.0. The summed E-state index contributed by atoms with van der Waals surface area (Å²) < 4.78 is 26.2. The van der Waals surface area contributed by atoms with Crippen molar-refractivity contribution in [2.45, 2.75) is 46.3 Å². The van der Waals surface area contributed by atoms with Crippen LogP contribution in [0.1, 0.15) is 45.2 Å². The Hall–Kier alpha value is -4.08. The van der Waals surface area contributed by atoms with E-state index >= 15 is 0 Å². The van der Waals surface area contributed by atoms with Crippen molar-refractivity contribution in [1.82, 2.24) is 5.32 Å². The summed E-state index contributed by atoms with van der Waals surface area (Å²) in [5.74, 6) is -1.13. The van der Waals surface area contributed by atoms with E-state index in [9.17, 15) is 19.2 Å². The van der Waals surface area contributed by atoms with Gasteiger partial charge in [-0.2, -0.15) is 0 Å². The van der Waals surface area contributed by atoms with Crippen molar-refractivity contribution < 1.29 is 37.4 Å². The standard InChI is InChI=1S/C24H25NO9/c1-6-30-22(28)18-10-9-17(33-18)16-12-31-19-11-14(7-8-15(19)20(16)26)32-21(27)13(2)25-23(29)34-24(3,4)5/h7-13H,6H2,1-5H3,(H,25,29)/t13-/m1/s1. The Kier molecular flexibility index (Phi) is 7.09. The van der Waals surface area contributed by atoms with E-state index in [2.05, 4.69) is 5.32 Å². The van der Waals surface area contributed by atoms with E-state index < -0.39 is 35.1 Å². The molecule has 0 spiro atoms. The van der Waals surface area contributed by atoms with Crippen LogP contribution in [0.5, 0.6) is 5.75 Å². The molecule has 0 aliphatic heterocycles. The highest BCUT2D eigenvalue weighted by atomic mass is 16.6. The first-order valence-corrected chi connectivity index (χ1v) is 10.5. The molecule has 0 saturated carbocycles. The number of hydrogen-bond donors (Lipinski definition) is 1. The van der Waals surface area contributed by atoms with Gasteiger partial charge in [-0.1, -0.05) is 0 Å². The number of ether oxygens (including phenoxy) is 3. The molecule has 10 heteroatoms. The summed E-state index contributed by atoms with van der Waals surface area (Å²) >= 11 is 0. The van der Waals surface area contributed by atoms with Gasteiger partial charge in [0.2, 0.25) is 11.2 Å². The number of hydrogen-bond acceptors (Lipinski definition) is 9. The Bertz CT molecular complexity index is 1280. The zero-order valence-electron chi connectivity index (χ0n) is 19.4. The minimum atomic E-state index is -0.979. The predicted molar refractivity (Wildman–Crippen MR) is 121 cm³/mol. The van der Waals surface area contributed by atoms with Gasteiger partial charge in [-0.25, -0.2) is 14.4 Å². The second kappa shape index (κ2) is 9.82. The van der Waals surface area contributed by atoms with Crippen LogP contribution in [0.4, 0.5) is 4.79 Å². The van der Waals surface area contributed by atoms with Gasteiger partial charge in [-0.05, 0) is 58.9 Å². The molecule has 1 atom stereocenters. The molecule has 0 aliphatic rings. The molecule has 3 aromatic rings. The number of nitrogens with one attached hydrogen (secondary N) is 1. The van der Waals surface area contributed by atoms with Crippen molar-refractivity contribution in [3.8, 4) is 17.1 Å². The van der Waals surface area contributed by atoms with Gasteiger partial charge in [0.05, 0.1) is 12.0 Å². The molecule has 0 radical (unpaired) electrons. The van der Waals surface area contributed by atoms with Crippen LogP contribution >= 0.6 is 0 Å². The molecular formula is C24H25NO9. The Balaban J connectivity index is 1.76. The second-order valence-electron chi connectivity index (χ2n) is 8.31. The lowest BCUT2D eigenvalue weighted by Crippen LogP contribution is -2.43. The van der Waals surface area contributed by atoms with Crippen molar-refractivity contribution in [3.63, 3.8) is 0 Å². The largest absolute Gasteiger partial charge is 0.463 e. The molecule has 10 nitrogen and oxygen atoms in total. The lowest BCUT2D eigenvalue weighted by Gasteiger charge is -2.21. The fourth-order valence-electron chi connectivity index (χ4n) is 2.88. The lowest BCUT2D eigenvalue weighted by atomic mass is 10.1. The summed E-state index contributed by atoms with van der Waals surface area (Å²) in [4.78, 5) is 48.9. The van der Waals surface area contributed by atoms with Crippen LogP contribution in [0.15, 0.2) is 50.2 Å². The average Bonchev–Trinajstić information content (AvgIpc) is 3.22. The molecule has 1 N–H and O–H groups in total. The third kappa shape index (κ3) is 5.83. The molecule has 0 fully saturated rings. The molecule has 0 aliphatic carbocycles. The Morgan fingerprint density at radius 3 is 2.53 bits per heavy atom. The van der Waals surface area contributed by atoms with Crippen LogP contribution in [-0.4, -0.2) is 36.3 Å². The fraction of sp³-hybridized carbons (Fsp3) is 0.333. The van der Waals surface area contributed by atoms with E-state index in [1.165, 1.54) is 43.5 Å². The maximum absolute atomic E-state index is 12.9. The highest BCUT2D eigenvalue weighted by Crippen LogP contribution is 2.25. The quantitative estimate of drug-likeness (QED) is 0.417. The van der Waals surface area contributed by atoms with Crippen molar-refractivity contribution in [2.75, 3.05) is 6.61 Å². The fourth-order valence-corrected chi connectivity index (χ4v) is 2.88. The van der Waals surface area contributed by atoms with E-state index in [0.717, 1.165) is 0 Å². The number of rotatable bonds is 6. The monoisotopic (exact) mass is 471 g/mol. The highest BCUT2D eigenvalue weighted by Gasteiger charge is 2.23. The molecule has 0 unspecified atom stereocenters. The normalized spacial score (nSPS) is 12.1.